The monoisotopic (exact) mass is 656 g/mol. The second-order valence-corrected chi connectivity index (χ2v) is 16.0. The smallest absolute Gasteiger partial charge is 0.0207 e. The molecule has 4 aromatic rings. The highest BCUT2D eigenvalue weighted by Crippen LogP contribution is 2.51. The molecular weight excluding hydrogens is 616 g/mol. The van der Waals surface area contributed by atoms with Crippen LogP contribution in [0.2, 0.25) is 0 Å². The van der Waals surface area contributed by atoms with Crippen LogP contribution in [0.5, 0.6) is 0 Å². The summed E-state index contributed by atoms with van der Waals surface area (Å²) >= 11 is 7.33. The van der Waals surface area contributed by atoms with E-state index in [9.17, 15) is 0 Å². The Kier molecular flexibility index (Phi) is 7.32. The van der Waals surface area contributed by atoms with Crippen molar-refractivity contribution in [2.24, 2.45) is 0 Å². The molecule has 0 bridgehead atoms. The normalized spacial score (nSPS) is 14.6. The lowest BCUT2D eigenvalue weighted by atomic mass is 9.79. The summed E-state index contributed by atoms with van der Waals surface area (Å²) in [5.41, 5.74) is 17.4. The summed E-state index contributed by atoms with van der Waals surface area (Å²) in [4.78, 5) is 0. The van der Waals surface area contributed by atoms with Crippen LogP contribution in [-0.4, -0.2) is 0 Å². The van der Waals surface area contributed by atoms with Crippen LogP contribution in [0, 0.1) is 13.8 Å². The van der Waals surface area contributed by atoms with Crippen LogP contribution < -0.4 is 0 Å². The van der Waals surface area contributed by atoms with Crippen LogP contribution in [0.1, 0.15) is 99.9 Å². The standard InChI is InChI=1S/C20H23Br.C18H19Br/c1-12-9-15-14-8-7-13(19(2,3)4)10-16(14)20(5,6)17(15)11-18(12)21;1-11-7-16-13(10-17(11)19)8-12-9-14(18(2,3)4)5-6-15(12)16/h7-11H,1-6H3;5-7,9-10H,8H2,1-4H3. The molecular formula is C38H42Br2. The lowest BCUT2D eigenvalue weighted by Gasteiger charge is -2.25. The van der Waals surface area contributed by atoms with Crippen LogP contribution in [-0.2, 0) is 22.7 Å². The van der Waals surface area contributed by atoms with Crippen LogP contribution in [0.4, 0.5) is 0 Å². The number of hydrogen-bond acceptors (Lipinski definition) is 0. The Balaban J connectivity index is 0.000000162. The topological polar surface area (TPSA) is 0 Å². The first kappa shape index (κ1) is 29.3. The highest BCUT2D eigenvalue weighted by Gasteiger charge is 2.36. The summed E-state index contributed by atoms with van der Waals surface area (Å²) in [6, 6.07) is 23.2. The van der Waals surface area contributed by atoms with Crippen molar-refractivity contribution >= 4 is 31.9 Å². The summed E-state index contributed by atoms with van der Waals surface area (Å²) in [5, 5.41) is 0. The molecule has 0 radical (unpaired) electrons. The van der Waals surface area contributed by atoms with E-state index < -0.39 is 0 Å². The van der Waals surface area contributed by atoms with E-state index in [-0.39, 0.29) is 16.2 Å². The number of benzene rings is 4. The van der Waals surface area contributed by atoms with Gasteiger partial charge in [-0.15, -0.1) is 0 Å². The minimum atomic E-state index is 0.0716. The van der Waals surface area contributed by atoms with E-state index in [0.29, 0.717) is 0 Å². The zero-order valence-corrected chi connectivity index (χ0v) is 28.9. The van der Waals surface area contributed by atoms with Crippen molar-refractivity contribution in [2.45, 2.75) is 91.9 Å². The zero-order chi connectivity index (χ0) is 29.4. The average molecular weight is 659 g/mol. The molecule has 0 saturated carbocycles. The fourth-order valence-corrected chi connectivity index (χ4v) is 6.86. The minimum Gasteiger partial charge on any atom is -0.0579 e. The fourth-order valence-electron chi connectivity index (χ4n) is 6.12. The summed E-state index contributed by atoms with van der Waals surface area (Å²) in [6.45, 7) is 22.7. The molecule has 2 heteroatoms. The number of hydrogen-bond donors (Lipinski definition) is 0. The Labute approximate surface area is 258 Å². The van der Waals surface area contributed by atoms with Crippen molar-refractivity contribution in [1.82, 2.24) is 0 Å². The predicted molar refractivity (Wildman–Crippen MR) is 181 cm³/mol. The highest BCUT2D eigenvalue weighted by molar-refractivity contribution is 9.10. The molecule has 0 N–H and O–H groups in total. The third-order valence-electron chi connectivity index (χ3n) is 8.85. The molecule has 208 valence electrons. The molecule has 0 nitrogen and oxygen atoms in total. The Morgan fingerprint density at radius 2 is 1.02 bits per heavy atom. The average Bonchev–Trinajstić information content (AvgIpc) is 3.30. The molecule has 40 heavy (non-hydrogen) atoms. The van der Waals surface area contributed by atoms with E-state index in [0.717, 1.165) is 6.42 Å². The zero-order valence-electron chi connectivity index (χ0n) is 25.7. The van der Waals surface area contributed by atoms with Gasteiger partial charge in [0.15, 0.2) is 0 Å². The third-order valence-corrected chi connectivity index (χ3v) is 10.6. The number of aryl methyl sites for hydroxylation is 2. The van der Waals surface area contributed by atoms with Gasteiger partial charge in [-0.2, -0.15) is 0 Å². The second kappa shape index (κ2) is 9.99. The Morgan fingerprint density at radius 3 is 1.62 bits per heavy atom. The van der Waals surface area contributed by atoms with Crippen LogP contribution in [0.25, 0.3) is 22.3 Å². The van der Waals surface area contributed by atoms with Gasteiger partial charge in [0.25, 0.3) is 0 Å². The number of fused-ring (bicyclic) bond motifs is 6. The molecule has 2 aliphatic rings. The molecule has 0 saturated heterocycles. The molecule has 6 rings (SSSR count). The van der Waals surface area contributed by atoms with Gasteiger partial charge in [0.2, 0.25) is 0 Å². The van der Waals surface area contributed by atoms with Crippen molar-refractivity contribution in [3.05, 3.63) is 114 Å². The first-order chi connectivity index (χ1) is 18.5. The Bertz CT molecular complexity index is 1640. The second-order valence-electron chi connectivity index (χ2n) is 14.3. The van der Waals surface area contributed by atoms with Gasteiger partial charge < -0.3 is 0 Å². The van der Waals surface area contributed by atoms with Crippen molar-refractivity contribution in [3.8, 4) is 22.3 Å². The largest absolute Gasteiger partial charge is 0.0579 e. The molecule has 0 spiro atoms. The minimum absolute atomic E-state index is 0.0716. The van der Waals surface area contributed by atoms with E-state index in [1.54, 1.807) is 0 Å². The molecule has 2 aliphatic carbocycles. The molecule has 0 fully saturated rings. The summed E-state index contributed by atoms with van der Waals surface area (Å²) in [7, 11) is 0. The van der Waals surface area contributed by atoms with Gasteiger partial charge in [0, 0.05) is 14.4 Å². The Hall–Kier alpha value is -2.16. The maximum atomic E-state index is 3.69. The first-order valence-corrected chi connectivity index (χ1v) is 16.0. The fraction of sp³-hybridized carbons (Fsp3) is 0.368. The molecule has 0 aliphatic heterocycles. The maximum Gasteiger partial charge on any atom is 0.0207 e. The van der Waals surface area contributed by atoms with E-state index in [2.05, 4.69) is 162 Å². The third kappa shape index (κ3) is 5.16. The Morgan fingerprint density at radius 1 is 0.550 bits per heavy atom. The summed E-state index contributed by atoms with van der Waals surface area (Å²) in [5.74, 6) is 0. The summed E-state index contributed by atoms with van der Waals surface area (Å²) in [6.07, 6.45) is 1.06. The molecule has 0 heterocycles. The van der Waals surface area contributed by atoms with Crippen molar-refractivity contribution < 1.29 is 0 Å². The van der Waals surface area contributed by atoms with Crippen molar-refractivity contribution in [3.63, 3.8) is 0 Å². The van der Waals surface area contributed by atoms with Crippen molar-refractivity contribution in [1.29, 1.82) is 0 Å². The van der Waals surface area contributed by atoms with Crippen LogP contribution in [0.3, 0.4) is 0 Å². The van der Waals surface area contributed by atoms with E-state index in [4.69, 9.17) is 0 Å². The van der Waals surface area contributed by atoms with E-state index >= 15 is 0 Å². The molecule has 4 aromatic carbocycles. The van der Waals surface area contributed by atoms with Gasteiger partial charge in [-0.3, -0.25) is 0 Å². The van der Waals surface area contributed by atoms with Gasteiger partial charge in [0.05, 0.1) is 0 Å². The van der Waals surface area contributed by atoms with Gasteiger partial charge >= 0.3 is 0 Å². The van der Waals surface area contributed by atoms with Gasteiger partial charge in [-0.05, 0) is 116 Å². The highest BCUT2D eigenvalue weighted by atomic mass is 79.9. The molecule has 0 aromatic heterocycles. The van der Waals surface area contributed by atoms with Crippen LogP contribution in [0.15, 0.2) is 69.6 Å². The van der Waals surface area contributed by atoms with E-state index in [1.807, 2.05) is 0 Å². The summed E-state index contributed by atoms with van der Waals surface area (Å²) < 4.78 is 2.42. The molecule has 0 amide bonds. The maximum absolute atomic E-state index is 3.69. The van der Waals surface area contributed by atoms with Gasteiger partial charge in [0.1, 0.15) is 0 Å². The van der Waals surface area contributed by atoms with Gasteiger partial charge in [-0.25, -0.2) is 0 Å². The SMILES string of the molecule is Cc1cc2c(cc1Br)C(C)(C)c1cc(C(C)(C)C)ccc1-2.Cc1cc2c(cc1Br)Cc1cc(C(C)(C)C)ccc1-2. The van der Waals surface area contributed by atoms with E-state index in [1.165, 1.54) is 75.7 Å². The quantitative estimate of drug-likeness (QED) is 0.155. The lowest BCUT2D eigenvalue weighted by molar-refractivity contribution is 0.584. The predicted octanol–water partition coefficient (Wildman–Crippen LogP) is 12.0. The van der Waals surface area contributed by atoms with Crippen LogP contribution >= 0.6 is 31.9 Å². The van der Waals surface area contributed by atoms with Crippen molar-refractivity contribution in [2.75, 3.05) is 0 Å². The first-order valence-electron chi connectivity index (χ1n) is 14.4. The number of rotatable bonds is 0. The number of halogens is 2. The lowest BCUT2D eigenvalue weighted by Crippen LogP contribution is -2.17. The van der Waals surface area contributed by atoms with Gasteiger partial charge in [-0.1, -0.05) is 130 Å². The molecule has 0 atom stereocenters. The molecule has 0 unspecified atom stereocenters.